The summed E-state index contributed by atoms with van der Waals surface area (Å²) in [6.45, 7) is 10.00. The number of aryl methyl sites for hydroxylation is 1. The summed E-state index contributed by atoms with van der Waals surface area (Å²) < 4.78 is 5.66. The highest BCUT2D eigenvalue weighted by molar-refractivity contribution is 5.09. The van der Waals surface area contributed by atoms with Crippen LogP contribution in [0.1, 0.15) is 44.3 Å². The molecule has 1 fully saturated rings. The molecule has 2 unspecified atom stereocenters. The highest BCUT2D eigenvalue weighted by Gasteiger charge is 2.21. The lowest BCUT2D eigenvalue weighted by Crippen LogP contribution is -2.46. The van der Waals surface area contributed by atoms with Crippen LogP contribution >= 0.6 is 0 Å². The molecule has 0 spiro atoms. The van der Waals surface area contributed by atoms with Crippen molar-refractivity contribution in [1.82, 2.24) is 10.2 Å². The highest BCUT2D eigenvalue weighted by atomic mass is 16.3. The van der Waals surface area contributed by atoms with Crippen molar-refractivity contribution in [2.75, 3.05) is 19.6 Å². The Morgan fingerprint density at radius 2 is 2.35 bits per heavy atom. The van der Waals surface area contributed by atoms with Crippen molar-refractivity contribution < 1.29 is 4.42 Å². The zero-order valence-corrected chi connectivity index (χ0v) is 11.2. The summed E-state index contributed by atoms with van der Waals surface area (Å²) >= 11 is 0. The van der Waals surface area contributed by atoms with Crippen LogP contribution in [0, 0.1) is 6.92 Å². The van der Waals surface area contributed by atoms with Crippen LogP contribution in [0.3, 0.4) is 0 Å². The Balaban J connectivity index is 1.87. The molecule has 17 heavy (non-hydrogen) atoms. The van der Waals surface area contributed by atoms with Gasteiger partial charge < -0.3 is 14.6 Å². The maximum Gasteiger partial charge on any atom is 0.120 e. The van der Waals surface area contributed by atoms with E-state index in [-0.39, 0.29) is 0 Å². The van der Waals surface area contributed by atoms with Crippen LogP contribution in [0.15, 0.2) is 16.5 Å². The summed E-state index contributed by atoms with van der Waals surface area (Å²) in [4.78, 5) is 2.52. The molecule has 1 aliphatic rings. The van der Waals surface area contributed by atoms with E-state index >= 15 is 0 Å². The number of likely N-dealkylation sites (tertiary alicyclic amines) is 1. The van der Waals surface area contributed by atoms with E-state index in [0.29, 0.717) is 12.1 Å². The largest absolute Gasteiger partial charge is 0.465 e. The van der Waals surface area contributed by atoms with Crippen LogP contribution in [-0.4, -0.2) is 30.6 Å². The first-order valence-corrected chi connectivity index (χ1v) is 6.73. The fourth-order valence-electron chi connectivity index (χ4n) is 2.60. The molecule has 0 amide bonds. The van der Waals surface area contributed by atoms with Crippen molar-refractivity contribution in [3.63, 3.8) is 0 Å². The molecule has 0 bridgehead atoms. The van der Waals surface area contributed by atoms with Crippen molar-refractivity contribution in [3.8, 4) is 0 Å². The monoisotopic (exact) mass is 236 g/mol. The van der Waals surface area contributed by atoms with Crippen LogP contribution in [0.2, 0.25) is 0 Å². The molecular formula is C14H24N2O. The summed E-state index contributed by atoms with van der Waals surface area (Å²) in [5.74, 6) is 2.05. The first-order valence-electron chi connectivity index (χ1n) is 6.73. The summed E-state index contributed by atoms with van der Waals surface area (Å²) in [5, 5.41) is 3.68. The molecule has 3 heteroatoms. The Morgan fingerprint density at radius 3 is 3.00 bits per heavy atom. The van der Waals surface area contributed by atoms with Gasteiger partial charge in [-0.3, -0.25) is 0 Å². The van der Waals surface area contributed by atoms with Crippen molar-refractivity contribution in [1.29, 1.82) is 0 Å². The summed E-state index contributed by atoms with van der Waals surface area (Å²) in [7, 11) is 0. The molecule has 96 valence electrons. The molecule has 1 saturated heterocycles. The van der Waals surface area contributed by atoms with Gasteiger partial charge in [0.15, 0.2) is 0 Å². The van der Waals surface area contributed by atoms with E-state index in [9.17, 15) is 0 Å². The standard InChI is InChI=1S/C14H24N2O/c1-4-16-9-5-6-13(10-16)15-12(3)14-8-7-11(2)17-14/h7-8,12-13,15H,4-6,9-10H2,1-3H3. The van der Waals surface area contributed by atoms with Gasteiger partial charge in [0.1, 0.15) is 11.5 Å². The third-order valence-corrected chi connectivity index (χ3v) is 3.63. The summed E-state index contributed by atoms with van der Waals surface area (Å²) in [5.41, 5.74) is 0. The first kappa shape index (κ1) is 12.7. The lowest BCUT2D eigenvalue weighted by atomic mass is 10.0. The van der Waals surface area contributed by atoms with Gasteiger partial charge in [-0.2, -0.15) is 0 Å². The molecule has 1 aromatic heterocycles. The molecule has 0 saturated carbocycles. The predicted octanol–water partition coefficient (Wildman–Crippen LogP) is 2.72. The van der Waals surface area contributed by atoms with Gasteiger partial charge in [-0.25, -0.2) is 0 Å². The second-order valence-corrected chi connectivity index (χ2v) is 5.07. The van der Waals surface area contributed by atoms with Crippen LogP contribution in [0.5, 0.6) is 0 Å². The molecular weight excluding hydrogens is 212 g/mol. The van der Waals surface area contributed by atoms with E-state index in [1.165, 1.54) is 25.9 Å². The maximum absolute atomic E-state index is 5.66. The number of piperidine rings is 1. The van der Waals surface area contributed by atoms with Crippen molar-refractivity contribution in [3.05, 3.63) is 23.7 Å². The number of furan rings is 1. The first-order chi connectivity index (χ1) is 8.19. The fourth-order valence-corrected chi connectivity index (χ4v) is 2.60. The van der Waals surface area contributed by atoms with E-state index in [2.05, 4.69) is 30.1 Å². The molecule has 1 N–H and O–H groups in total. The SMILES string of the molecule is CCN1CCCC(NC(C)c2ccc(C)o2)C1. The van der Waals surface area contributed by atoms with Crippen LogP contribution in [-0.2, 0) is 0 Å². The maximum atomic E-state index is 5.66. The van der Waals surface area contributed by atoms with Crippen LogP contribution in [0.25, 0.3) is 0 Å². The lowest BCUT2D eigenvalue weighted by molar-refractivity contribution is 0.188. The molecule has 2 atom stereocenters. The molecule has 1 aromatic rings. The van der Waals surface area contributed by atoms with Crippen molar-refractivity contribution in [2.45, 2.75) is 45.7 Å². The number of hydrogen-bond donors (Lipinski definition) is 1. The number of hydrogen-bond acceptors (Lipinski definition) is 3. The van der Waals surface area contributed by atoms with Crippen molar-refractivity contribution in [2.24, 2.45) is 0 Å². The number of nitrogens with zero attached hydrogens (tertiary/aromatic N) is 1. The lowest BCUT2D eigenvalue weighted by Gasteiger charge is -2.33. The smallest absolute Gasteiger partial charge is 0.120 e. The Hall–Kier alpha value is -0.800. The topological polar surface area (TPSA) is 28.4 Å². The van der Waals surface area contributed by atoms with Gasteiger partial charge >= 0.3 is 0 Å². The van der Waals surface area contributed by atoms with Gasteiger partial charge in [-0.1, -0.05) is 6.92 Å². The molecule has 0 aliphatic carbocycles. The zero-order valence-electron chi connectivity index (χ0n) is 11.2. The second kappa shape index (κ2) is 5.69. The second-order valence-electron chi connectivity index (χ2n) is 5.07. The Labute approximate surface area is 104 Å². The molecule has 1 aliphatic heterocycles. The number of likely N-dealkylation sites (N-methyl/N-ethyl adjacent to an activating group) is 1. The average molecular weight is 236 g/mol. The van der Waals surface area contributed by atoms with E-state index in [0.717, 1.165) is 18.1 Å². The fraction of sp³-hybridized carbons (Fsp3) is 0.714. The average Bonchev–Trinajstić information content (AvgIpc) is 2.76. The third-order valence-electron chi connectivity index (χ3n) is 3.63. The van der Waals surface area contributed by atoms with Crippen LogP contribution < -0.4 is 5.32 Å². The van der Waals surface area contributed by atoms with Gasteiger partial charge in [0.25, 0.3) is 0 Å². The molecule has 3 nitrogen and oxygen atoms in total. The Kier molecular flexibility index (Phi) is 4.24. The van der Waals surface area contributed by atoms with E-state index < -0.39 is 0 Å². The Morgan fingerprint density at radius 1 is 1.53 bits per heavy atom. The quantitative estimate of drug-likeness (QED) is 0.871. The summed E-state index contributed by atoms with van der Waals surface area (Å²) in [6, 6.07) is 5.02. The third kappa shape index (κ3) is 3.33. The predicted molar refractivity (Wildman–Crippen MR) is 70.1 cm³/mol. The van der Waals surface area contributed by atoms with Gasteiger partial charge in [0.05, 0.1) is 6.04 Å². The molecule has 0 radical (unpaired) electrons. The molecule has 2 heterocycles. The van der Waals surface area contributed by atoms with Gasteiger partial charge in [-0.05, 0) is 51.9 Å². The van der Waals surface area contributed by atoms with Crippen molar-refractivity contribution >= 4 is 0 Å². The normalized spacial score (nSPS) is 23.8. The van der Waals surface area contributed by atoms with Gasteiger partial charge in [-0.15, -0.1) is 0 Å². The minimum Gasteiger partial charge on any atom is -0.465 e. The highest BCUT2D eigenvalue weighted by Crippen LogP contribution is 2.18. The van der Waals surface area contributed by atoms with E-state index in [4.69, 9.17) is 4.42 Å². The van der Waals surface area contributed by atoms with Crippen LogP contribution in [0.4, 0.5) is 0 Å². The zero-order chi connectivity index (χ0) is 12.3. The number of nitrogens with one attached hydrogen (secondary N) is 1. The summed E-state index contributed by atoms with van der Waals surface area (Å²) in [6.07, 6.45) is 2.58. The number of rotatable bonds is 4. The van der Waals surface area contributed by atoms with E-state index in [1.807, 2.05) is 13.0 Å². The van der Waals surface area contributed by atoms with E-state index in [1.54, 1.807) is 0 Å². The van der Waals surface area contributed by atoms with Gasteiger partial charge in [0.2, 0.25) is 0 Å². The minimum absolute atomic E-state index is 0.311. The molecule has 0 aromatic carbocycles. The molecule has 2 rings (SSSR count). The Bertz CT molecular complexity index is 348. The van der Waals surface area contributed by atoms with Gasteiger partial charge in [0, 0.05) is 12.6 Å². The minimum atomic E-state index is 0.311.